The number of aryl methyl sites for hydroxylation is 1. The summed E-state index contributed by atoms with van der Waals surface area (Å²) >= 11 is 1.90. The fraction of sp³-hybridized carbons (Fsp3) is 0.478. The zero-order chi connectivity index (χ0) is 19.5. The van der Waals surface area contributed by atoms with Crippen molar-refractivity contribution in [3.8, 4) is 0 Å². The van der Waals surface area contributed by atoms with Gasteiger partial charge in [0.05, 0.1) is 0 Å². The van der Waals surface area contributed by atoms with Crippen molar-refractivity contribution in [3.63, 3.8) is 0 Å². The van der Waals surface area contributed by atoms with E-state index in [-0.39, 0.29) is 6.42 Å². The molecule has 146 valence electrons. The Bertz CT molecular complexity index is 727. The minimum atomic E-state index is -0.709. The van der Waals surface area contributed by atoms with E-state index in [0.29, 0.717) is 11.7 Å². The summed E-state index contributed by atoms with van der Waals surface area (Å²) in [6.07, 6.45) is 12.3. The van der Waals surface area contributed by atoms with Crippen molar-refractivity contribution in [1.82, 2.24) is 0 Å². The summed E-state index contributed by atoms with van der Waals surface area (Å²) in [6.45, 7) is 1.93. The summed E-state index contributed by atoms with van der Waals surface area (Å²) in [6, 6.07) is 10.9. The predicted molar refractivity (Wildman–Crippen MR) is 113 cm³/mol. The summed E-state index contributed by atoms with van der Waals surface area (Å²) in [4.78, 5) is 23.0. The lowest BCUT2D eigenvalue weighted by molar-refractivity contribution is -0.137. The first kappa shape index (κ1) is 21.4. The van der Waals surface area contributed by atoms with Gasteiger partial charge in [-0.2, -0.15) is 0 Å². The minimum absolute atomic E-state index is 0.282. The number of Topliss-reactive ketones (excluding diaryl/α,β-unsaturated/α-hetero) is 1. The van der Waals surface area contributed by atoms with Crippen molar-refractivity contribution in [1.29, 1.82) is 0 Å². The van der Waals surface area contributed by atoms with Crippen molar-refractivity contribution >= 4 is 33.2 Å². The number of hydrogen-bond acceptors (Lipinski definition) is 3. The molecule has 1 N–H and O–H groups in total. The van der Waals surface area contributed by atoms with Crippen LogP contribution in [0.25, 0.3) is 10.1 Å². The van der Waals surface area contributed by atoms with Crippen LogP contribution in [0.1, 0.15) is 63.2 Å². The highest BCUT2D eigenvalue weighted by Gasteiger charge is 2.23. The molecule has 1 unspecified atom stereocenters. The van der Waals surface area contributed by atoms with Crippen molar-refractivity contribution < 1.29 is 14.7 Å². The molecule has 4 heteroatoms. The fourth-order valence-corrected chi connectivity index (χ4v) is 4.52. The Hall–Kier alpha value is -1.94. The highest BCUT2D eigenvalue weighted by Crippen LogP contribution is 2.29. The maximum absolute atomic E-state index is 11.6. The fourth-order valence-electron chi connectivity index (χ4n) is 3.41. The lowest BCUT2D eigenvalue weighted by Gasteiger charge is -2.05. The van der Waals surface area contributed by atoms with E-state index in [2.05, 4.69) is 30.3 Å². The maximum Gasteiger partial charge on any atom is 0.303 e. The molecular weight excluding hydrogens is 356 g/mol. The van der Waals surface area contributed by atoms with Crippen molar-refractivity contribution in [3.05, 3.63) is 47.4 Å². The zero-order valence-electron chi connectivity index (χ0n) is 16.2. The van der Waals surface area contributed by atoms with E-state index >= 15 is 0 Å². The van der Waals surface area contributed by atoms with Gasteiger partial charge in [-0.25, -0.2) is 0 Å². The number of rotatable bonds is 8. The highest BCUT2D eigenvalue weighted by molar-refractivity contribution is 7.19. The van der Waals surface area contributed by atoms with Crippen LogP contribution in [0.3, 0.4) is 0 Å². The number of thiophene rings is 1. The normalized spacial score (nSPS) is 16.6. The molecule has 1 saturated carbocycles. The summed E-state index contributed by atoms with van der Waals surface area (Å²) in [5.41, 5.74) is 0. The molecule has 1 fully saturated rings. The van der Waals surface area contributed by atoms with E-state index in [1.807, 2.05) is 30.4 Å². The van der Waals surface area contributed by atoms with Gasteiger partial charge in [0.2, 0.25) is 0 Å². The summed E-state index contributed by atoms with van der Waals surface area (Å²) in [7, 11) is 0. The van der Waals surface area contributed by atoms with E-state index in [1.54, 1.807) is 0 Å². The molecule has 0 saturated heterocycles. The summed E-state index contributed by atoms with van der Waals surface area (Å²) in [5.74, 6) is 0.172. The molecule has 0 bridgehead atoms. The standard InChI is InChI=1S/C16H18OS.C7H12O2/c17-15-9-4-7-12(15)6-3-8-14-11-13-5-1-2-10-16(13)18-14;1-2-3-4-5-6-7(8)9/h1-2,5,10-12H,3-4,6-9H2;2-3H,4-6H2,1H3,(H,8,9)/b;3-2-. The molecule has 1 heterocycles. The van der Waals surface area contributed by atoms with Crippen molar-refractivity contribution in [2.24, 2.45) is 5.92 Å². The Balaban J connectivity index is 0.000000249. The van der Waals surface area contributed by atoms with Crippen molar-refractivity contribution in [2.75, 3.05) is 0 Å². The van der Waals surface area contributed by atoms with Gasteiger partial charge < -0.3 is 5.11 Å². The van der Waals surface area contributed by atoms with Crippen LogP contribution in [-0.2, 0) is 16.0 Å². The number of carboxylic acid groups (broad SMARTS) is 1. The van der Waals surface area contributed by atoms with Crippen LogP contribution < -0.4 is 0 Å². The van der Waals surface area contributed by atoms with Crippen LogP contribution in [-0.4, -0.2) is 16.9 Å². The molecule has 0 amide bonds. The Morgan fingerprint density at radius 1 is 1.30 bits per heavy atom. The number of benzene rings is 1. The van der Waals surface area contributed by atoms with Gasteiger partial charge in [0, 0.05) is 28.3 Å². The largest absolute Gasteiger partial charge is 0.481 e. The van der Waals surface area contributed by atoms with Crippen LogP contribution >= 0.6 is 11.3 Å². The average molecular weight is 387 g/mol. The van der Waals surface area contributed by atoms with Gasteiger partial charge in [-0.05, 0) is 69.4 Å². The maximum atomic E-state index is 11.6. The second kappa shape index (κ2) is 11.7. The predicted octanol–water partition coefficient (Wildman–Crippen LogP) is 6.41. The number of unbranched alkanes of at least 4 members (excludes halogenated alkanes) is 1. The topological polar surface area (TPSA) is 54.4 Å². The summed E-state index contributed by atoms with van der Waals surface area (Å²) in [5, 5.41) is 9.54. The van der Waals surface area contributed by atoms with Crippen LogP contribution in [0.5, 0.6) is 0 Å². The van der Waals surface area contributed by atoms with Crippen LogP contribution in [0.2, 0.25) is 0 Å². The van der Waals surface area contributed by atoms with Gasteiger partial charge >= 0.3 is 5.97 Å². The highest BCUT2D eigenvalue weighted by atomic mass is 32.1. The molecule has 1 aromatic heterocycles. The van der Waals surface area contributed by atoms with E-state index in [4.69, 9.17) is 5.11 Å². The number of carbonyl (C=O) groups excluding carboxylic acids is 1. The number of carboxylic acids is 1. The molecule has 1 aliphatic rings. The van der Waals surface area contributed by atoms with Gasteiger partial charge in [0.25, 0.3) is 0 Å². The number of allylic oxidation sites excluding steroid dienone is 2. The molecule has 3 rings (SSSR count). The van der Waals surface area contributed by atoms with E-state index in [0.717, 1.165) is 51.4 Å². The first-order valence-electron chi connectivity index (χ1n) is 9.93. The third-order valence-electron chi connectivity index (χ3n) is 4.88. The second-order valence-electron chi connectivity index (χ2n) is 7.05. The van der Waals surface area contributed by atoms with Gasteiger partial charge in [-0.3, -0.25) is 9.59 Å². The average Bonchev–Trinajstić information content (AvgIpc) is 3.25. The number of fused-ring (bicyclic) bond motifs is 1. The SMILES string of the molecule is C/C=C\CCCC(=O)O.O=C1CCCC1CCCc1cc2ccccc2s1. The molecule has 1 atom stereocenters. The lowest BCUT2D eigenvalue weighted by atomic mass is 9.99. The van der Waals surface area contributed by atoms with Crippen molar-refractivity contribution in [2.45, 2.75) is 64.7 Å². The second-order valence-corrected chi connectivity index (χ2v) is 8.22. The number of ketones is 1. The van der Waals surface area contributed by atoms with E-state index < -0.39 is 5.97 Å². The minimum Gasteiger partial charge on any atom is -0.481 e. The molecular formula is C23H30O3S. The molecule has 2 aromatic rings. The zero-order valence-corrected chi connectivity index (χ0v) is 17.0. The molecule has 3 nitrogen and oxygen atoms in total. The first-order valence-corrected chi connectivity index (χ1v) is 10.7. The first-order chi connectivity index (χ1) is 13.1. The van der Waals surface area contributed by atoms with Gasteiger partial charge in [-0.1, -0.05) is 30.4 Å². The summed E-state index contributed by atoms with van der Waals surface area (Å²) < 4.78 is 1.38. The third-order valence-corrected chi connectivity index (χ3v) is 6.06. The number of hydrogen-bond donors (Lipinski definition) is 1. The Morgan fingerprint density at radius 2 is 2.11 bits per heavy atom. The molecule has 1 aromatic carbocycles. The smallest absolute Gasteiger partial charge is 0.303 e. The number of aliphatic carboxylic acids is 1. The Labute approximate surface area is 166 Å². The van der Waals surface area contributed by atoms with Crippen LogP contribution in [0.15, 0.2) is 42.5 Å². The van der Waals surface area contributed by atoms with Gasteiger partial charge in [0.15, 0.2) is 0 Å². The van der Waals surface area contributed by atoms with Gasteiger partial charge in [0.1, 0.15) is 5.78 Å². The molecule has 0 aliphatic heterocycles. The molecule has 0 radical (unpaired) electrons. The molecule has 1 aliphatic carbocycles. The Kier molecular flexibility index (Phi) is 9.26. The monoisotopic (exact) mass is 386 g/mol. The van der Waals surface area contributed by atoms with Crippen LogP contribution in [0, 0.1) is 5.92 Å². The Morgan fingerprint density at radius 3 is 2.78 bits per heavy atom. The van der Waals surface area contributed by atoms with E-state index in [9.17, 15) is 9.59 Å². The number of carbonyl (C=O) groups is 2. The molecule has 0 spiro atoms. The quantitative estimate of drug-likeness (QED) is 0.421. The third kappa shape index (κ3) is 7.67. The molecule has 27 heavy (non-hydrogen) atoms. The van der Waals surface area contributed by atoms with E-state index in [1.165, 1.54) is 15.0 Å². The van der Waals surface area contributed by atoms with Crippen LogP contribution in [0.4, 0.5) is 0 Å². The lowest BCUT2D eigenvalue weighted by Crippen LogP contribution is -2.05. The van der Waals surface area contributed by atoms with Gasteiger partial charge in [-0.15, -0.1) is 11.3 Å².